The number of rotatable bonds is 7. The van der Waals surface area contributed by atoms with Gasteiger partial charge in [0.2, 0.25) is 11.7 Å². The number of benzene rings is 1. The molecule has 0 amide bonds. The van der Waals surface area contributed by atoms with Gasteiger partial charge in [-0.05, 0) is 30.2 Å². The van der Waals surface area contributed by atoms with E-state index in [-0.39, 0.29) is 5.41 Å². The molecular weight excluding hydrogens is 402 g/mol. The monoisotopic (exact) mass is 431 g/mol. The molecule has 0 aliphatic carbocycles. The Morgan fingerprint density at radius 1 is 1.22 bits per heavy atom. The average Bonchev–Trinajstić information content (AvgIpc) is 3.25. The van der Waals surface area contributed by atoms with Crippen LogP contribution in [0.5, 0.6) is 0 Å². The van der Waals surface area contributed by atoms with Crippen LogP contribution in [0.1, 0.15) is 55.7 Å². The first-order valence-electron chi connectivity index (χ1n) is 10.9. The van der Waals surface area contributed by atoms with Gasteiger partial charge >= 0.3 is 0 Å². The molecule has 1 aliphatic heterocycles. The highest BCUT2D eigenvalue weighted by molar-refractivity contribution is 5.56. The molecule has 1 atom stereocenters. The highest BCUT2D eigenvalue weighted by Gasteiger charge is 2.55. The minimum Gasteiger partial charge on any atom is -0.380 e. The number of nitriles is 1. The molecule has 1 aromatic carbocycles. The van der Waals surface area contributed by atoms with Crippen LogP contribution in [0.3, 0.4) is 0 Å². The van der Waals surface area contributed by atoms with Crippen LogP contribution in [0.25, 0.3) is 11.4 Å². The summed E-state index contributed by atoms with van der Waals surface area (Å²) >= 11 is 0. The largest absolute Gasteiger partial charge is 0.380 e. The highest BCUT2D eigenvalue weighted by Crippen LogP contribution is 2.50. The van der Waals surface area contributed by atoms with Gasteiger partial charge in [0.25, 0.3) is 0 Å². The Hall–Kier alpha value is -3.08. The second-order valence-electron chi connectivity index (χ2n) is 9.35. The second-order valence-corrected chi connectivity index (χ2v) is 9.35. The van der Waals surface area contributed by atoms with Gasteiger partial charge in [-0.1, -0.05) is 50.2 Å². The number of aliphatic hydroxyl groups is 1. The van der Waals surface area contributed by atoms with Gasteiger partial charge in [0, 0.05) is 54.9 Å². The number of aromatic nitrogens is 3. The molecule has 32 heavy (non-hydrogen) atoms. The molecule has 1 fully saturated rings. The van der Waals surface area contributed by atoms with Crippen molar-refractivity contribution >= 4 is 0 Å². The Bertz CT molecular complexity index is 1130. The predicted octanol–water partition coefficient (Wildman–Crippen LogP) is 3.90. The van der Waals surface area contributed by atoms with E-state index < -0.39 is 5.60 Å². The van der Waals surface area contributed by atoms with E-state index in [9.17, 15) is 5.11 Å². The fourth-order valence-electron chi connectivity index (χ4n) is 4.74. The summed E-state index contributed by atoms with van der Waals surface area (Å²) in [5.74, 6) is 1.24. The van der Waals surface area contributed by atoms with Gasteiger partial charge in [-0.3, -0.25) is 4.98 Å². The van der Waals surface area contributed by atoms with E-state index in [0.717, 1.165) is 18.7 Å². The SMILES string of the molecule is CC(C)c1ccc(C(O)(c2cncc(-c3noc(CCC#N)n3)c2)C2(C)CN(C)C2)cc1. The Morgan fingerprint density at radius 3 is 2.56 bits per heavy atom. The maximum atomic E-state index is 12.3. The van der Waals surface area contributed by atoms with E-state index in [2.05, 4.69) is 66.0 Å². The quantitative estimate of drug-likeness (QED) is 0.606. The summed E-state index contributed by atoms with van der Waals surface area (Å²) in [6.45, 7) is 7.96. The number of likely N-dealkylation sites (tertiary alicyclic amines) is 1. The maximum absolute atomic E-state index is 12.3. The number of hydrogen-bond acceptors (Lipinski definition) is 7. The summed E-state index contributed by atoms with van der Waals surface area (Å²) < 4.78 is 5.27. The lowest BCUT2D eigenvalue weighted by Crippen LogP contribution is -2.63. The molecule has 0 spiro atoms. The fraction of sp³-hybridized carbons (Fsp3) is 0.440. The van der Waals surface area contributed by atoms with E-state index >= 15 is 0 Å². The first kappa shape index (κ1) is 22.1. The summed E-state index contributed by atoms with van der Waals surface area (Å²) in [5, 5.41) is 25.1. The highest BCUT2D eigenvalue weighted by atomic mass is 16.5. The van der Waals surface area contributed by atoms with Gasteiger partial charge < -0.3 is 14.5 Å². The van der Waals surface area contributed by atoms with Crippen LogP contribution < -0.4 is 0 Å². The minimum atomic E-state index is -1.23. The zero-order valence-electron chi connectivity index (χ0n) is 19.0. The van der Waals surface area contributed by atoms with Gasteiger partial charge in [-0.25, -0.2) is 0 Å². The molecule has 1 saturated heterocycles. The molecule has 3 heterocycles. The van der Waals surface area contributed by atoms with Crippen molar-refractivity contribution in [1.29, 1.82) is 5.26 Å². The van der Waals surface area contributed by atoms with Crippen molar-refractivity contribution in [3.8, 4) is 17.5 Å². The predicted molar refractivity (Wildman–Crippen MR) is 121 cm³/mol. The summed E-state index contributed by atoms with van der Waals surface area (Å²) in [4.78, 5) is 11.0. The van der Waals surface area contributed by atoms with Crippen LogP contribution in [0.2, 0.25) is 0 Å². The van der Waals surface area contributed by atoms with Crippen LogP contribution in [-0.4, -0.2) is 45.3 Å². The molecule has 4 rings (SSSR count). The van der Waals surface area contributed by atoms with E-state index in [1.165, 1.54) is 5.56 Å². The average molecular weight is 432 g/mol. The van der Waals surface area contributed by atoms with Crippen molar-refractivity contribution < 1.29 is 9.63 Å². The minimum absolute atomic E-state index is 0.317. The van der Waals surface area contributed by atoms with Gasteiger partial charge in [0.05, 0.1) is 6.07 Å². The van der Waals surface area contributed by atoms with Gasteiger partial charge in [-0.15, -0.1) is 0 Å². The van der Waals surface area contributed by atoms with Crippen molar-refractivity contribution in [2.24, 2.45) is 5.41 Å². The third-order valence-electron chi connectivity index (χ3n) is 6.44. The molecule has 1 N–H and O–H groups in total. The zero-order chi connectivity index (χ0) is 22.9. The van der Waals surface area contributed by atoms with Crippen LogP contribution >= 0.6 is 0 Å². The smallest absolute Gasteiger partial charge is 0.227 e. The van der Waals surface area contributed by atoms with Gasteiger partial charge in [0.15, 0.2) is 0 Å². The third-order valence-corrected chi connectivity index (χ3v) is 6.44. The third kappa shape index (κ3) is 3.81. The van der Waals surface area contributed by atoms with Crippen molar-refractivity contribution in [3.63, 3.8) is 0 Å². The molecule has 0 radical (unpaired) electrons. The summed E-state index contributed by atoms with van der Waals surface area (Å²) in [6.07, 6.45) is 4.12. The summed E-state index contributed by atoms with van der Waals surface area (Å²) in [7, 11) is 2.06. The van der Waals surface area contributed by atoms with Crippen LogP contribution in [0.15, 0.2) is 47.2 Å². The summed E-state index contributed by atoms with van der Waals surface area (Å²) in [6, 6.07) is 12.2. The molecule has 1 unspecified atom stereocenters. The van der Waals surface area contributed by atoms with E-state index in [1.54, 1.807) is 12.4 Å². The number of pyridine rings is 1. The number of nitrogens with zero attached hydrogens (tertiary/aromatic N) is 5. The van der Waals surface area contributed by atoms with Crippen LogP contribution in [0.4, 0.5) is 0 Å². The van der Waals surface area contributed by atoms with Crippen LogP contribution in [0, 0.1) is 16.7 Å². The topological polar surface area (TPSA) is 99.1 Å². The Kier molecular flexibility index (Phi) is 5.85. The zero-order valence-corrected chi connectivity index (χ0v) is 19.0. The Labute approximate surface area is 188 Å². The van der Waals surface area contributed by atoms with Crippen molar-refractivity contribution in [1.82, 2.24) is 20.0 Å². The van der Waals surface area contributed by atoms with Gasteiger partial charge in [0.1, 0.15) is 5.60 Å². The fourth-order valence-corrected chi connectivity index (χ4v) is 4.74. The number of hydrogen-bond donors (Lipinski definition) is 1. The van der Waals surface area contributed by atoms with Gasteiger partial charge in [-0.2, -0.15) is 10.2 Å². The molecule has 7 heteroatoms. The molecular formula is C25H29N5O2. The first-order valence-corrected chi connectivity index (χ1v) is 10.9. The van der Waals surface area contributed by atoms with Crippen molar-refractivity contribution in [2.75, 3.05) is 20.1 Å². The Morgan fingerprint density at radius 2 is 1.94 bits per heavy atom. The first-order chi connectivity index (χ1) is 15.3. The van der Waals surface area contributed by atoms with Crippen molar-refractivity contribution in [3.05, 3.63) is 65.3 Å². The number of aryl methyl sites for hydroxylation is 1. The lowest BCUT2D eigenvalue weighted by atomic mass is 9.62. The van der Waals surface area contributed by atoms with E-state index in [1.807, 2.05) is 18.2 Å². The normalized spacial score (nSPS) is 17.5. The molecule has 166 valence electrons. The maximum Gasteiger partial charge on any atom is 0.227 e. The molecule has 0 bridgehead atoms. The van der Waals surface area contributed by atoms with Crippen LogP contribution in [-0.2, 0) is 12.0 Å². The van der Waals surface area contributed by atoms with Crippen molar-refractivity contribution in [2.45, 2.75) is 45.1 Å². The molecule has 1 aliphatic rings. The molecule has 7 nitrogen and oxygen atoms in total. The summed E-state index contributed by atoms with van der Waals surface area (Å²) in [5.41, 5.74) is 1.84. The standard InChI is InChI=1S/C25H29N5O2/c1-17(2)18-7-9-20(10-8-18)25(31,24(3)15-30(4)16-24)21-12-19(13-27-14-21)23-28-22(32-29-23)6-5-11-26/h7-10,12-14,17,31H,5-6,15-16H2,1-4H3. The lowest BCUT2D eigenvalue weighted by molar-refractivity contribution is -0.127. The molecule has 2 aromatic heterocycles. The molecule has 3 aromatic rings. The Balaban J connectivity index is 1.76. The lowest BCUT2D eigenvalue weighted by Gasteiger charge is -2.55. The van der Waals surface area contributed by atoms with E-state index in [4.69, 9.17) is 9.78 Å². The van der Waals surface area contributed by atoms with E-state index in [0.29, 0.717) is 41.6 Å². The second kappa shape index (κ2) is 8.45. The molecule has 0 saturated carbocycles.